The van der Waals surface area contributed by atoms with Crippen LogP contribution in [-0.4, -0.2) is 45.9 Å². The zero-order valence-corrected chi connectivity index (χ0v) is 17.9. The minimum Gasteiger partial charge on any atom is -0.493 e. The number of hydrogen-bond donors (Lipinski definition) is 1. The van der Waals surface area contributed by atoms with E-state index in [4.69, 9.17) is 18.9 Å². The van der Waals surface area contributed by atoms with Gasteiger partial charge in [0.1, 0.15) is 5.75 Å². The van der Waals surface area contributed by atoms with Crippen LogP contribution < -0.4 is 19.5 Å². The first-order valence-electron chi connectivity index (χ1n) is 9.80. The summed E-state index contributed by atoms with van der Waals surface area (Å²) in [6.45, 7) is 4.71. The van der Waals surface area contributed by atoms with Gasteiger partial charge in [-0.3, -0.25) is 4.79 Å². The summed E-state index contributed by atoms with van der Waals surface area (Å²) >= 11 is 0. The lowest BCUT2D eigenvalue weighted by molar-refractivity contribution is -0.124. The van der Waals surface area contributed by atoms with Crippen molar-refractivity contribution in [3.8, 4) is 17.2 Å². The number of benzene rings is 2. The molecule has 0 fully saturated rings. The van der Waals surface area contributed by atoms with Gasteiger partial charge < -0.3 is 24.3 Å². The van der Waals surface area contributed by atoms with Crippen LogP contribution in [0.1, 0.15) is 29.8 Å². The molecule has 162 valence electrons. The van der Waals surface area contributed by atoms with E-state index in [9.17, 15) is 9.59 Å². The summed E-state index contributed by atoms with van der Waals surface area (Å²) < 4.78 is 21.2. The van der Waals surface area contributed by atoms with E-state index >= 15 is 0 Å². The van der Waals surface area contributed by atoms with Crippen LogP contribution in [0.5, 0.6) is 17.2 Å². The van der Waals surface area contributed by atoms with Crippen LogP contribution >= 0.6 is 0 Å². The van der Waals surface area contributed by atoms with Gasteiger partial charge in [-0.05, 0) is 48.2 Å². The summed E-state index contributed by atoms with van der Waals surface area (Å²) in [7, 11) is 3.15. The highest BCUT2D eigenvalue weighted by molar-refractivity contribution is 5.91. The highest BCUT2D eigenvalue weighted by atomic mass is 16.5. The van der Waals surface area contributed by atoms with Crippen molar-refractivity contribution in [3.63, 3.8) is 0 Å². The van der Waals surface area contributed by atoms with Gasteiger partial charge in [-0.1, -0.05) is 26.0 Å². The van der Waals surface area contributed by atoms with Crippen LogP contribution in [0, 0.1) is 5.92 Å². The van der Waals surface area contributed by atoms with Gasteiger partial charge in [0.05, 0.1) is 26.4 Å². The number of carbonyl (C=O) groups is 2. The second kappa shape index (κ2) is 11.7. The lowest BCUT2D eigenvalue weighted by Crippen LogP contribution is -2.30. The predicted octanol–water partition coefficient (Wildman–Crippen LogP) is 3.25. The topological polar surface area (TPSA) is 83.1 Å². The van der Waals surface area contributed by atoms with Crippen LogP contribution in [0.3, 0.4) is 0 Å². The summed E-state index contributed by atoms with van der Waals surface area (Å²) in [5.74, 6) is 1.32. The van der Waals surface area contributed by atoms with E-state index in [0.29, 0.717) is 48.3 Å². The Morgan fingerprint density at radius 2 is 1.77 bits per heavy atom. The lowest BCUT2D eigenvalue weighted by atomic mass is 10.1. The van der Waals surface area contributed by atoms with Crippen molar-refractivity contribution in [2.24, 2.45) is 5.92 Å². The molecule has 0 saturated carbocycles. The number of esters is 1. The predicted molar refractivity (Wildman–Crippen MR) is 113 cm³/mol. The molecule has 7 nitrogen and oxygen atoms in total. The first-order chi connectivity index (χ1) is 14.4. The number of nitrogens with one attached hydrogen (secondary N) is 1. The quantitative estimate of drug-likeness (QED) is 0.567. The molecule has 0 aromatic heterocycles. The average molecular weight is 415 g/mol. The molecule has 2 rings (SSSR count). The molecule has 7 heteroatoms. The summed E-state index contributed by atoms with van der Waals surface area (Å²) in [5, 5.41) is 2.74. The van der Waals surface area contributed by atoms with Gasteiger partial charge >= 0.3 is 5.97 Å². The van der Waals surface area contributed by atoms with Gasteiger partial charge in [0, 0.05) is 6.54 Å². The summed E-state index contributed by atoms with van der Waals surface area (Å²) in [4.78, 5) is 24.2. The average Bonchev–Trinajstić information content (AvgIpc) is 2.76. The Labute approximate surface area is 177 Å². The molecular formula is C23H29NO6. The molecule has 1 amide bonds. The van der Waals surface area contributed by atoms with Crippen LogP contribution in [0.25, 0.3) is 0 Å². The fraction of sp³-hybridized carbons (Fsp3) is 0.391. The molecule has 2 aromatic carbocycles. The third kappa shape index (κ3) is 7.31. The molecule has 2 aromatic rings. The van der Waals surface area contributed by atoms with Gasteiger partial charge in [0.15, 0.2) is 18.1 Å². The van der Waals surface area contributed by atoms with E-state index in [2.05, 4.69) is 5.32 Å². The molecule has 0 radical (unpaired) electrons. The number of rotatable bonds is 11. The van der Waals surface area contributed by atoms with Gasteiger partial charge in [-0.25, -0.2) is 4.79 Å². The molecule has 0 atom stereocenters. The normalized spacial score (nSPS) is 10.4. The molecule has 0 aliphatic carbocycles. The molecule has 0 aliphatic rings. The zero-order valence-electron chi connectivity index (χ0n) is 17.9. The Kier molecular flexibility index (Phi) is 9.00. The van der Waals surface area contributed by atoms with Crippen molar-refractivity contribution in [2.75, 3.05) is 34.0 Å². The van der Waals surface area contributed by atoms with Crippen molar-refractivity contribution in [2.45, 2.75) is 20.3 Å². The number of methoxy groups -OCH3 is 2. The van der Waals surface area contributed by atoms with Gasteiger partial charge in [-0.15, -0.1) is 0 Å². The molecule has 30 heavy (non-hydrogen) atoms. The number of hydrogen-bond acceptors (Lipinski definition) is 6. The molecule has 0 spiro atoms. The second-order valence-corrected chi connectivity index (χ2v) is 7.10. The Bertz CT molecular complexity index is 849. The molecule has 0 saturated heterocycles. The SMILES string of the molecule is COc1ccc(CCNC(=O)COC(=O)c2cccc(OCC(C)C)c2)cc1OC. The van der Waals surface area contributed by atoms with Gasteiger partial charge in [-0.2, -0.15) is 0 Å². The Balaban J connectivity index is 1.77. The van der Waals surface area contributed by atoms with E-state index in [1.165, 1.54) is 0 Å². The largest absolute Gasteiger partial charge is 0.493 e. The maximum absolute atomic E-state index is 12.2. The van der Waals surface area contributed by atoms with Crippen molar-refractivity contribution < 1.29 is 28.5 Å². The Hall–Kier alpha value is -3.22. The summed E-state index contributed by atoms with van der Waals surface area (Å²) in [6.07, 6.45) is 0.606. The van der Waals surface area contributed by atoms with Crippen molar-refractivity contribution in [1.82, 2.24) is 5.32 Å². The molecular weight excluding hydrogens is 386 g/mol. The van der Waals surface area contributed by atoms with E-state index in [1.807, 2.05) is 32.0 Å². The smallest absolute Gasteiger partial charge is 0.338 e. The molecule has 0 aliphatic heterocycles. The van der Waals surface area contributed by atoms with E-state index in [0.717, 1.165) is 5.56 Å². The second-order valence-electron chi connectivity index (χ2n) is 7.10. The molecule has 0 unspecified atom stereocenters. The maximum atomic E-state index is 12.2. The fourth-order valence-corrected chi connectivity index (χ4v) is 2.62. The van der Waals surface area contributed by atoms with Crippen LogP contribution in [0.15, 0.2) is 42.5 Å². The van der Waals surface area contributed by atoms with Crippen LogP contribution in [0.2, 0.25) is 0 Å². The highest BCUT2D eigenvalue weighted by Crippen LogP contribution is 2.27. The molecule has 0 bridgehead atoms. The number of carbonyl (C=O) groups excluding carboxylic acids is 2. The van der Waals surface area contributed by atoms with Crippen molar-refractivity contribution >= 4 is 11.9 Å². The zero-order chi connectivity index (χ0) is 21.9. The summed E-state index contributed by atoms with van der Waals surface area (Å²) in [6, 6.07) is 12.3. The first kappa shape index (κ1) is 23.1. The van der Waals surface area contributed by atoms with Gasteiger partial charge in [0.2, 0.25) is 0 Å². The highest BCUT2D eigenvalue weighted by Gasteiger charge is 2.11. The Morgan fingerprint density at radius 3 is 2.47 bits per heavy atom. The molecule has 0 heterocycles. The minimum absolute atomic E-state index is 0.342. The number of amides is 1. The summed E-state index contributed by atoms with van der Waals surface area (Å²) in [5.41, 5.74) is 1.33. The van der Waals surface area contributed by atoms with E-state index in [1.54, 1.807) is 38.5 Å². The fourth-order valence-electron chi connectivity index (χ4n) is 2.62. The Morgan fingerprint density at radius 1 is 1.00 bits per heavy atom. The third-order valence-electron chi connectivity index (χ3n) is 4.17. The standard InChI is InChI=1S/C23H29NO6/c1-16(2)14-29-19-7-5-6-18(13-19)23(26)30-15-22(25)24-11-10-17-8-9-20(27-3)21(12-17)28-4/h5-9,12-13,16H,10-11,14-15H2,1-4H3,(H,24,25). The van der Waals surface area contributed by atoms with Crippen LogP contribution in [0.4, 0.5) is 0 Å². The van der Waals surface area contributed by atoms with Crippen molar-refractivity contribution in [1.29, 1.82) is 0 Å². The van der Waals surface area contributed by atoms with Gasteiger partial charge in [0.25, 0.3) is 5.91 Å². The van der Waals surface area contributed by atoms with E-state index < -0.39 is 5.97 Å². The third-order valence-corrected chi connectivity index (χ3v) is 4.17. The van der Waals surface area contributed by atoms with E-state index in [-0.39, 0.29) is 12.5 Å². The minimum atomic E-state index is -0.569. The van der Waals surface area contributed by atoms with Crippen LogP contribution in [-0.2, 0) is 16.0 Å². The number of ether oxygens (including phenoxy) is 4. The monoisotopic (exact) mass is 415 g/mol. The first-order valence-corrected chi connectivity index (χ1v) is 9.80. The molecule has 1 N–H and O–H groups in total. The lowest BCUT2D eigenvalue weighted by Gasteiger charge is -2.11. The van der Waals surface area contributed by atoms with Crippen molar-refractivity contribution in [3.05, 3.63) is 53.6 Å². The maximum Gasteiger partial charge on any atom is 0.338 e.